The van der Waals surface area contributed by atoms with Crippen LogP contribution in [-0.4, -0.2) is 8.75 Å². The highest BCUT2D eigenvalue weighted by Gasteiger charge is 2.19. The van der Waals surface area contributed by atoms with E-state index in [1.54, 1.807) is 0 Å². The maximum absolute atomic E-state index is 4.81. The standard InChI is InChI=1S/C32H36N2S5/c1-3-5-7-9-11-13-21-19-35-27-17-25(37-31(21)27)23-15-16-24(30-29(23)33-39-34-30)26-18-28-32(38-26)22(20-36-28)14-12-10-8-6-4-2/h15-20H,3-14H2,1-2H3. The molecule has 204 valence electrons. The number of aryl methyl sites for hydroxylation is 2. The summed E-state index contributed by atoms with van der Waals surface area (Å²) in [5.74, 6) is 0. The monoisotopic (exact) mass is 608 g/mol. The largest absolute Gasteiger partial charge is 0.172 e. The molecule has 0 bridgehead atoms. The lowest BCUT2D eigenvalue weighted by Gasteiger charge is -2.04. The third kappa shape index (κ3) is 5.89. The zero-order valence-electron chi connectivity index (χ0n) is 22.9. The predicted molar refractivity (Wildman–Crippen MR) is 180 cm³/mol. The Balaban J connectivity index is 1.24. The molecule has 39 heavy (non-hydrogen) atoms. The molecule has 0 fully saturated rings. The molecule has 0 aliphatic carbocycles. The molecule has 1 aromatic carbocycles. The first-order chi connectivity index (χ1) is 19.3. The molecule has 0 spiro atoms. The molecule has 0 saturated heterocycles. The summed E-state index contributed by atoms with van der Waals surface area (Å²) >= 11 is 9.03. The van der Waals surface area contributed by atoms with Crippen LogP contribution in [0, 0.1) is 0 Å². The van der Waals surface area contributed by atoms with Crippen LogP contribution in [0.3, 0.4) is 0 Å². The summed E-state index contributed by atoms with van der Waals surface area (Å²) in [5, 5.41) is 4.77. The molecule has 0 atom stereocenters. The van der Waals surface area contributed by atoms with Gasteiger partial charge in [0, 0.05) is 39.7 Å². The van der Waals surface area contributed by atoms with Gasteiger partial charge in [-0.1, -0.05) is 77.3 Å². The highest BCUT2D eigenvalue weighted by atomic mass is 32.1. The lowest BCUT2D eigenvalue weighted by atomic mass is 10.1. The first-order valence-electron chi connectivity index (χ1n) is 14.5. The van der Waals surface area contributed by atoms with Crippen LogP contribution in [0.25, 0.3) is 50.7 Å². The summed E-state index contributed by atoms with van der Waals surface area (Å²) in [7, 11) is 0. The van der Waals surface area contributed by atoms with Crippen LogP contribution >= 0.6 is 57.1 Å². The van der Waals surface area contributed by atoms with Crippen molar-refractivity contribution < 1.29 is 0 Å². The summed E-state index contributed by atoms with van der Waals surface area (Å²) in [4.78, 5) is 2.65. The summed E-state index contributed by atoms with van der Waals surface area (Å²) in [6.07, 6.45) is 15.7. The van der Waals surface area contributed by atoms with E-state index in [4.69, 9.17) is 8.75 Å². The normalized spacial score (nSPS) is 12.1. The van der Waals surface area contributed by atoms with Crippen LogP contribution in [0.15, 0.2) is 35.0 Å². The molecule has 7 heteroatoms. The number of unbranched alkanes of at least 4 members (excludes halogenated alkanes) is 8. The van der Waals surface area contributed by atoms with E-state index in [1.165, 1.54) is 140 Å². The molecule has 2 nitrogen and oxygen atoms in total. The molecule has 0 N–H and O–H groups in total. The van der Waals surface area contributed by atoms with E-state index in [0.717, 1.165) is 11.0 Å². The Hall–Kier alpha value is -1.64. The lowest BCUT2D eigenvalue weighted by Crippen LogP contribution is -1.83. The molecule has 0 saturated carbocycles. The minimum Gasteiger partial charge on any atom is -0.172 e. The van der Waals surface area contributed by atoms with Crippen molar-refractivity contribution >= 4 is 86.9 Å². The zero-order valence-corrected chi connectivity index (χ0v) is 27.0. The van der Waals surface area contributed by atoms with Gasteiger partial charge >= 0.3 is 0 Å². The molecular weight excluding hydrogens is 573 g/mol. The van der Waals surface area contributed by atoms with E-state index >= 15 is 0 Å². The Morgan fingerprint density at radius 2 is 1.05 bits per heavy atom. The van der Waals surface area contributed by atoms with Gasteiger partial charge in [0.15, 0.2) is 0 Å². The van der Waals surface area contributed by atoms with Gasteiger partial charge in [-0.05, 0) is 59.7 Å². The number of hydrogen-bond donors (Lipinski definition) is 0. The van der Waals surface area contributed by atoms with Gasteiger partial charge in [-0.3, -0.25) is 0 Å². The van der Waals surface area contributed by atoms with Crippen LogP contribution < -0.4 is 0 Å². The summed E-state index contributed by atoms with van der Waals surface area (Å²) in [6, 6.07) is 9.35. The van der Waals surface area contributed by atoms with Crippen molar-refractivity contribution in [3.63, 3.8) is 0 Å². The van der Waals surface area contributed by atoms with Crippen molar-refractivity contribution in [1.82, 2.24) is 8.75 Å². The quantitative estimate of drug-likeness (QED) is 0.115. The molecule has 0 aliphatic heterocycles. The van der Waals surface area contributed by atoms with Crippen LogP contribution in [0.1, 0.15) is 89.2 Å². The Bertz CT molecular complexity index is 1540. The fraction of sp³-hybridized carbons (Fsp3) is 0.438. The average molecular weight is 609 g/mol. The van der Waals surface area contributed by atoms with Gasteiger partial charge in [-0.25, -0.2) is 0 Å². The van der Waals surface area contributed by atoms with E-state index in [9.17, 15) is 0 Å². The molecule has 0 radical (unpaired) electrons. The second-order valence-corrected chi connectivity index (χ2v) is 15.0. The van der Waals surface area contributed by atoms with Crippen molar-refractivity contribution in [2.24, 2.45) is 0 Å². The van der Waals surface area contributed by atoms with Crippen LogP contribution in [0.2, 0.25) is 0 Å². The fourth-order valence-electron chi connectivity index (χ4n) is 5.46. The minimum atomic E-state index is 1.06. The van der Waals surface area contributed by atoms with E-state index in [0.29, 0.717) is 0 Å². The van der Waals surface area contributed by atoms with Crippen LogP contribution in [-0.2, 0) is 12.8 Å². The molecule has 0 aliphatic rings. The van der Waals surface area contributed by atoms with E-state index in [-0.39, 0.29) is 0 Å². The van der Waals surface area contributed by atoms with E-state index < -0.39 is 0 Å². The number of thiophene rings is 4. The number of hydrogen-bond acceptors (Lipinski definition) is 7. The van der Waals surface area contributed by atoms with Crippen LogP contribution in [0.4, 0.5) is 0 Å². The molecule has 6 aromatic rings. The van der Waals surface area contributed by atoms with Crippen molar-refractivity contribution in [2.45, 2.75) is 90.9 Å². The molecule has 0 amide bonds. The number of nitrogens with zero attached hydrogens (tertiary/aromatic N) is 2. The minimum absolute atomic E-state index is 1.06. The van der Waals surface area contributed by atoms with Gasteiger partial charge in [-0.15, -0.1) is 45.3 Å². The highest BCUT2D eigenvalue weighted by molar-refractivity contribution is 7.29. The summed E-state index contributed by atoms with van der Waals surface area (Å²) in [6.45, 7) is 4.57. The van der Waals surface area contributed by atoms with Gasteiger partial charge < -0.3 is 0 Å². The lowest BCUT2D eigenvalue weighted by molar-refractivity contribution is 0.633. The van der Waals surface area contributed by atoms with Crippen molar-refractivity contribution in [3.8, 4) is 20.9 Å². The molecule has 5 aromatic heterocycles. The first kappa shape index (κ1) is 27.5. The Kier molecular flexibility index (Phi) is 9.11. The Morgan fingerprint density at radius 1 is 0.590 bits per heavy atom. The summed E-state index contributed by atoms with van der Waals surface area (Å²) < 4.78 is 15.4. The van der Waals surface area contributed by atoms with E-state index in [2.05, 4.69) is 48.9 Å². The molecule has 5 heterocycles. The van der Waals surface area contributed by atoms with Gasteiger partial charge in [0.1, 0.15) is 11.0 Å². The van der Waals surface area contributed by atoms with Gasteiger partial charge in [-0.2, -0.15) is 8.75 Å². The fourth-order valence-corrected chi connectivity index (χ4v) is 11.0. The molecule has 0 unspecified atom stereocenters. The van der Waals surface area contributed by atoms with Crippen LogP contribution in [0.5, 0.6) is 0 Å². The van der Waals surface area contributed by atoms with Gasteiger partial charge in [0.2, 0.25) is 0 Å². The van der Waals surface area contributed by atoms with E-state index in [1.807, 2.05) is 45.3 Å². The number of aromatic nitrogens is 2. The number of benzene rings is 1. The maximum atomic E-state index is 4.81. The zero-order chi connectivity index (χ0) is 26.6. The van der Waals surface area contributed by atoms with Crippen molar-refractivity contribution in [3.05, 3.63) is 46.2 Å². The third-order valence-electron chi connectivity index (χ3n) is 7.68. The first-order valence-corrected chi connectivity index (χ1v) is 18.6. The smallest absolute Gasteiger partial charge is 0.114 e. The predicted octanol–water partition coefficient (Wildman–Crippen LogP) is 12.6. The number of rotatable bonds is 14. The topological polar surface area (TPSA) is 25.8 Å². The SMILES string of the molecule is CCCCCCCc1csc2cc(-c3ccc(-c4cc5scc(CCCCCCC)c5s4)c4nsnc34)sc12. The molecular formula is C32H36N2S5. The van der Waals surface area contributed by atoms with Gasteiger partial charge in [0.05, 0.1) is 11.7 Å². The Morgan fingerprint density at radius 3 is 1.51 bits per heavy atom. The summed E-state index contributed by atoms with van der Waals surface area (Å²) in [5.41, 5.74) is 7.64. The van der Waals surface area contributed by atoms with Gasteiger partial charge in [0.25, 0.3) is 0 Å². The second-order valence-electron chi connectivity index (χ2n) is 10.6. The third-order valence-corrected chi connectivity index (χ3v) is 12.9. The maximum Gasteiger partial charge on any atom is 0.114 e. The molecule has 6 rings (SSSR count). The average Bonchev–Trinajstić information content (AvgIpc) is 3.76. The number of fused-ring (bicyclic) bond motifs is 3. The highest BCUT2D eigenvalue weighted by Crippen LogP contribution is 2.45. The van der Waals surface area contributed by atoms with Crippen molar-refractivity contribution in [1.29, 1.82) is 0 Å². The van der Waals surface area contributed by atoms with Crippen molar-refractivity contribution in [2.75, 3.05) is 0 Å². The second kappa shape index (κ2) is 12.9. The Labute approximate surface area is 252 Å².